The first-order valence-electron chi connectivity index (χ1n) is 7.06. The van der Waals surface area contributed by atoms with Gasteiger partial charge in [-0.1, -0.05) is 13.0 Å². The van der Waals surface area contributed by atoms with Crippen molar-refractivity contribution in [3.05, 3.63) is 28.3 Å². The molecule has 2 N–H and O–H groups in total. The van der Waals surface area contributed by atoms with Crippen LogP contribution in [0.3, 0.4) is 0 Å². The predicted molar refractivity (Wildman–Crippen MR) is 81.0 cm³/mol. The second-order valence-electron chi connectivity index (χ2n) is 5.25. The number of benzene rings is 1. The molecule has 1 aliphatic heterocycles. The molecule has 0 amide bonds. The Morgan fingerprint density at radius 3 is 2.55 bits per heavy atom. The molecule has 1 heterocycles. The van der Waals surface area contributed by atoms with Crippen LogP contribution in [0.5, 0.6) is 0 Å². The average Bonchev–Trinajstić information content (AvgIpc) is 2.46. The summed E-state index contributed by atoms with van der Waals surface area (Å²) in [5, 5.41) is 11.2. The Morgan fingerprint density at radius 1 is 1.35 bits per heavy atom. The van der Waals surface area contributed by atoms with Crippen LogP contribution in [-0.2, 0) is 0 Å². The van der Waals surface area contributed by atoms with Gasteiger partial charge in [-0.25, -0.2) is 0 Å². The third-order valence-corrected chi connectivity index (χ3v) is 4.10. The van der Waals surface area contributed by atoms with Crippen LogP contribution in [0.1, 0.15) is 20.3 Å². The first-order chi connectivity index (χ1) is 9.54. The molecule has 0 spiro atoms. The number of nitrogens with two attached hydrogens (primary N) is 1. The normalized spacial score (nSPS) is 18.0. The highest BCUT2D eigenvalue weighted by molar-refractivity contribution is 5.75. The van der Waals surface area contributed by atoms with Gasteiger partial charge in [-0.2, -0.15) is 0 Å². The van der Waals surface area contributed by atoms with Crippen molar-refractivity contribution in [3.8, 4) is 0 Å². The maximum atomic E-state index is 11.2. The largest absolute Gasteiger partial charge is 0.393 e. The van der Waals surface area contributed by atoms with Crippen LogP contribution in [0.4, 0.5) is 17.1 Å². The van der Waals surface area contributed by atoms with Crippen LogP contribution >= 0.6 is 0 Å². The molecule has 1 fully saturated rings. The summed E-state index contributed by atoms with van der Waals surface area (Å²) in [6, 6.07) is 5.70. The number of hydrogen-bond donors (Lipinski definition) is 1. The number of nitrogens with zero attached hydrogens (tertiary/aromatic N) is 3. The van der Waals surface area contributed by atoms with E-state index >= 15 is 0 Å². The van der Waals surface area contributed by atoms with E-state index in [2.05, 4.69) is 23.6 Å². The van der Waals surface area contributed by atoms with Crippen LogP contribution in [0.25, 0.3) is 0 Å². The third kappa shape index (κ3) is 2.85. The molecular formula is C14H22N4O2. The lowest BCUT2D eigenvalue weighted by Crippen LogP contribution is -2.49. The van der Waals surface area contributed by atoms with Crippen molar-refractivity contribution in [2.24, 2.45) is 0 Å². The van der Waals surface area contributed by atoms with Gasteiger partial charge in [-0.05, 0) is 25.5 Å². The minimum atomic E-state index is -0.383. The van der Waals surface area contributed by atoms with E-state index in [0.29, 0.717) is 11.7 Å². The van der Waals surface area contributed by atoms with E-state index < -0.39 is 0 Å². The SMILES string of the molecule is CCC(C)N1CCN(c2cccc(N)c2[N+](=O)[O-])CC1. The van der Waals surface area contributed by atoms with Crippen molar-refractivity contribution in [1.29, 1.82) is 0 Å². The molecule has 0 radical (unpaired) electrons. The van der Waals surface area contributed by atoms with Gasteiger partial charge >= 0.3 is 5.69 Å². The van der Waals surface area contributed by atoms with Gasteiger partial charge in [0.05, 0.1) is 4.92 Å². The third-order valence-electron chi connectivity index (χ3n) is 4.10. The van der Waals surface area contributed by atoms with Gasteiger partial charge in [-0.15, -0.1) is 0 Å². The molecule has 0 aromatic heterocycles. The van der Waals surface area contributed by atoms with Crippen molar-refractivity contribution in [1.82, 2.24) is 4.90 Å². The smallest absolute Gasteiger partial charge is 0.315 e. The van der Waals surface area contributed by atoms with Crippen LogP contribution in [0.15, 0.2) is 18.2 Å². The summed E-state index contributed by atoms with van der Waals surface area (Å²) in [7, 11) is 0. The topological polar surface area (TPSA) is 75.6 Å². The van der Waals surface area contributed by atoms with Crippen LogP contribution in [-0.4, -0.2) is 42.0 Å². The van der Waals surface area contributed by atoms with Crippen molar-refractivity contribution in [3.63, 3.8) is 0 Å². The number of nitro groups is 1. The molecule has 110 valence electrons. The highest BCUT2D eigenvalue weighted by atomic mass is 16.6. The molecule has 6 heteroatoms. The molecule has 1 aromatic carbocycles. The fraction of sp³-hybridized carbons (Fsp3) is 0.571. The summed E-state index contributed by atoms with van der Waals surface area (Å²) in [6.07, 6.45) is 1.12. The lowest BCUT2D eigenvalue weighted by atomic mass is 10.1. The van der Waals surface area contributed by atoms with E-state index in [1.54, 1.807) is 18.2 Å². The van der Waals surface area contributed by atoms with E-state index in [1.807, 2.05) is 0 Å². The fourth-order valence-corrected chi connectivity index (χ4v) is 2.66. The molecule has 1 atom stereocenters. The first-order valence-corrected chi connectivity index (χ1v) is 7.06. The molecule has 2 rings (SSSR count). The van der Waals surface area contributed by atoms with Gasteiger partial charge in [-0.3, -0.25) is 15.0 Å². The molecule has 0 aliphatic carbocycles. The van der Waals surface area contributed by atoms with Crippen molar-refractivity contribution >= 4 is 17.1 Å². The summed E-state index contributed by atoms with van der Waals surface area (Å²) < 4.78 is 0. The maximum absolute atomic E-state index is 11.2. The van der Waals surface area contributed by atoms with E-state index in [9.17, 15) is 10.1 Å². The van der Waals surface area contributed by atoms with E-state index in [4.69, 9.17) is 5.73 Å². The molecular weight excluding hydrogens is 256 g/mol. The van der Waals surface area contributed by atoms with Gasteiger partial charge in [0.2, 0.25) is 0 Å². The zero-order chi connectivity index (χ0) is 14.7. The molecule has 0 saturated carbocycles. The number of rotatable bonds is 4. The van der Waals surface area contributed by atoms with E-state index in [1.165, 1.54) is 0 Å². The van der Waals surface area contributed by atoms with Gasteiger partial charge in [0, 0.05) is 32.2 Å². The van der Waals surface area contributed by atoms with E-state index in [0.717, 1.165) is 32.6 Å². The Morgan fingerprint density at radius 2 is 2.00 bits per heavy atom. The zero-order valence-corrected chi connectivity index (χ0v) is 12.1. The number of hydrogen-bond acceptors (Lipinski definition) is 5. The molecule has 1 aliphatic rings. The Hall–Kier alpha value is -1.82. The van der Waals surface area contributed by atoms with Gasteiger partial charge in [0.1, 0.15) is 11.4 Å². The monoisotopic (exact) mass is 278 g/mol. The Kier molecular flexibility index (Phi) is 4.44. The standard InChI is InChI=1S/C14H22N4O2/c1-3-11(2)16-7-9-17(10-8-16)13-6-4-5-12(15)14(13)18(19)20/h4-6,11H,3,7-10,15H2,1-2H3. The summed E-state index contributed by atoms with van der Waals surface area (Å²) in [6.45, 7) is 7.86. The minimum absolute atomic E-state index is 0.0319. The molecule has 6 nitrogen and oxygen atoms in total. The number of nitro benzene ring substituents is 1. The second kappa shape index (κ2) is 6.09. The fourth-order valence-electron chi connectivity index (χ4n) is 2.66. The van der Waals surface area contributed by atoms with Gasteiger partial charge in [0.25, 0.3) is 0 Å². The second-order valence-corrected chi connectivity index (χ2v) is 5.25. The number of piperazine rings is 1. The van der Waals surface area contributed by atoms with Crippen LogP contribution in [0.2, 0.25) is 0 Å². The molecule has 0 bridgehead atoms. The van der Waals surface area contributed by atoms with Crippen LogP contribution in [0, 0.1) is 10.1 Å². The van der Waals surface area contributed by atoms with Crippen molar-refractivity contribution in [2.75, 3.05) is 36.8 Å². The summed E-state index contributed by atoms with van der Waals surface area (Å²) in [4.78, 5) is 15.3. The van der Waals surface area contributed by atoms with E-state index in [-0.39, 0.29) is 16.3 Å². The number of nitrogen functional groups attached to an aromatic ring is 1. The Labute approximate surface area is 119 Å². The zero-order valence-electron chi connectivity index (χ0n) is 12.1. The van der Waals surface area contributed by atoms with Gasteiger partial charge < -0.3 is 10.6 Å². The quantitative estimate of drug-likeness (QED) is 0.518. The molecule has 1 aromatic rings. The average molecular weight is 278 g/mol. The van der Waals surface area contributed by atoms with Crippen molar-refractivity contribution < 1.29 is 4.92 Å². The van der Waals surface area contributed by atoms with Crippen molar-refractivity contribution in [2.45, 2.75) is 26.3 Å². The number of anilines is 2. The summed E-state index contributed by atoms with van der Waals surface area (Å²) >= 11 is 0. The number of para-hydroxylation sites is 1. The summed E-state index contributed by atoms with van der Waals surface area (Å²) in [5.41, 5.74) is 6.65. The Bertz CT molecular complexity index is 484. The minimum Gasteiger partial charge on any atom is -0.393 e. The lowest BCUT2D eigenvalue weighted by Gasteiger charge is -2.38. The lowest BCUT2D eigenvalue weighted by molar-refractivity contribution is -0.383. The molecule has 20 heavy (non-hydrogen) atoms. The Balaban J connectivity index is 2.15. The molecule has 1 unspecified atom stereocenters. The highest BCUT2D eigenvalue weighted by Crippen LogP contribution is 2.34. The van der Waals surface area contributed by atoms with Crippen LogP contribution < -0.4 is 10.6 Å². The maximum Gasteiger partial charge on any atom is 0.315 e. The highest BCUT2D eigenvalue weighted by Gasteiger charge is 2.26. The molecule has 1 saturated heterocycles. The van der Waals surface area contributed by atoms with Gasteiger partial charge in [0.15, 0.2) is 0 Å². The first kappa shape index (κ1) is 14.6. The summed E-state index contributed by atoms with van der Waals surface area (Å²) in [5.74, 6) is 0. The predicted octanol–water partition coefficient (Wildman–Crippen LogP) is 2.10.